The zero-order chi connectivity index (χ0) is 17.2. The van der Waals surface area contributed by atoms with E-state index in [9.17, 15) is 0 Å². The molecule has 1 N–H and O–H groups in total. The highest BCUT2D eigenvalue weighted by Crippen LogP contribution is 2.36. The summed E-state index contributed by atoms with van der Waals surface area (Å²) in [6.07, 6.45) is 2.08. The summed E-state index contributed by atoms with van der Waals surface area (Å²) in [5, 5.41) is 15.3. The van der Waals surface area contributed by atoms with Gasteiger partial charge in [-0.05, 0) is 40.3 Å². The van der Waals surface area contributed by atoms with E-state index in [0.717, 1.165) is 28.3 Å². The van der Waals surface area contributed by atoms with Crippen molar-refractivity contribution >= 4 is 11.6 Å². The van der Waals surface area contributed by atoms with Gasteiger partial charge in [0.25, 0.3) is 0 Å². The topological polar surface area (TPSA) is 74.1 Å². The van der Waals surface area contributed by atoms with Gasteiger partial charge in [-0.15, -0.1) is 0 Å². The second kappa shape index (κ2) is 6.27. The van der Waals surface area contributed by atoms with Crippen molar-refractivity contribution in [3.05, 3.63) is 65.7 Å². The molecular weight excluding hydrogens is 318 g/mol. The molecule has 0 saturated heterocycles. The molecule has 1 aromatic heterocycles. The van der Waals surface area contributed by atoms with Crippen molar-refractivity contribution in [2.24, 2.45) is 0 Å². The molecule has 4 rings (SSSR count). The van der Waals surface area contributed by atoms with Crippen LogP contribution >= 0.6 is 0 Å². The number of anilines is 1. The van der Waals surface area contributed by atoms with E-state index in [1.54, 1.807) is 18.9 Å². The fourth-order valence-electron chi connectivity index (χ4n) is 2.92. The largest absolute Gasteiger partial charge is 0.497 e. The second-order valence-electron chi connectivity index (χ2n) is 5.57. The number of benzene rings is 2. The average molecular weight is 335 g/mol. The monoisotopic (exact) mass is 335 g/mol. The Morgan fingerprint density at radius 2 is 1.88 bits per heavy atom. The van der Waals surface area contributed by atoms with Crippen LogP contribution in [0, 0.1) is 0 Å². The fourth-order valence-corrected chi connectivity index (χ4v) is 2.92. The summed E-state index contributed by atoms with van der Waals surface area (Å²) in [6.45, 7) is 0. The van der Waals surface area contributed by atoms with Crippen LogP contribution in [-0.4, -0.2) is 34.4 Å². The summed E-state index contributed by atoms with van der Waals surface area (Å²) in [7, 11) is 3.29. The summed E-state index contributed by atoms with van der Waals surface area (Å²) < 4.78 is 12.6. The average Bonchev–Trinajstić information content (AvgIpc) is 3.16. The molecule has 126 valence electrons. The lowest BCUT2D eigenvalue weighted by molar-refractivity contribution is 0.402. The molecule has 0 radical (unpaired) electrons. The maximum atomic E-state index is 5.51. The van der Waals surface area contributed by atoms with Gasteiger partial charge in [0.15, 0.2) is 0 Å². The molecule has 2 heterocycles. The van der Waals surface area contributed by atoms with Crippen LogP contribution in [0.2, 0.25) is 0 Å². The number of hydrogen-bond acceptors (Lipinski definition) is 6. The van der Waals surface area contributed by atoms with Gasteiger partial charge in [-0.25, -0.2) is 0 Å². The van der Waals surface area contributed by atoms with Crippen LogP contribution in [0.5, 0.6) is 11.5 Å². The zero-order valence-electron chi connectivity index (χ0n) is 13.9. The molecule has 0 fully saturated rings. The number of ether oxygens (including phenoxy) is 2. The molecule has 0 aliphatic carbocycles. The Kier molecular flexibility index (Phi) is 3.81. The van der Waals surface area contributed by atoms with E-state index in [-0.39, 0.29) is 6.04 Å². The SMILES string of the molecule is COc1ccc(OC)c(C2=C[C@@H](c3ccccc3)n3nnnc3N2)c1. The molecule has 0 bridgehead atoms. The number of nitrogens with zero attached hydrogens (tertiary/aromatic N) is 4. The number of methoxy groups -OCH3 is 2. The summed E-state index contributed by atoms with van der Waals surface area (Å²) in [6, 6.07) is 15.7. The fraction of sp³-hybridized carbons (Fsp3) is 0.167. The van der Waals surface area contributed by atoms with E-state index in [4.69, 9.17) is 9.47 Å². The van der Waals surface area contributed by atoms with E-state index in [1.807, 2.05) is 36.4 Å². The maximum Gasteiger partial charge on any atom is 0.248 e. The first kappa shape index (κ1) is 15.2. The first-order valence-electron chi connectivity index (χ1n) is 7.84. The lowest BCUT2D eigenvalue weighted by atomic mass is 10.0. The Bertz CT molecular complexity index is 920. The highest BCUT2D eigenvalue weighted by atomic mass is 16.5. The Morgan fingerprint density at radius 3 is 2.64 bits per heavy atom. The Morgan fingerprint density at radius 1 is 1.04 bits per heavy atom. The van der Waals surface area contributed by atoms with Crippen LogP contribution < -0.4 is 14.8 Å². The molecule has 0 unspecified atom stereocenters. The smallest absolute Gasteiger partial charge is 0.248 e. The standard InChI is InChI=1S/C18H17N5O2/c1-24-13-8-9-17(25-2)14(10-13)15-11-16(12-6-4-3-5-7-12)23-18(19-15)20-21-22-23/h3-11,16H,1-2H3,(H,19,20,22)/t16-/m0/s1. The number of aromatic nitrogens is 4. The lowest BCUT2D eigenvalue weighted by Gasteiger charge is -2.24. The van der Waals surface area contributed by atoms with Crippen LogP contribution in [-0.2, 0) is 0 Å². The van der Waals surface area contributed by atoms with Crippen molar-refractivity contribution in [2.45, 2.75) is 6.04 Å². The summed E-state index contributed by atoms with van der Waals surface area (Å²) >= 11 is 0. The Hall–Kier alpha value is -3.35. The van der Waals surface area contributed by atoms with Gasteiger partial charge in [0.1, 0.15) is 17.5 Å². The molecule has 1 aliphatic heterocycles. The van der Waals surface area contributed by atoms with Gasteiger partial charge in [0.05, 0.1) is 19.9 Å². The van der Waals surface area contributed by atoms with E-state index in [2.05, 4.69) is 39.1 Å². The number of nitrogens with one attached hydrogen (secondary N) is 1. The van der Waals surface area contributed by atoms with Crippen molar-refractivity contribution in [3.63, 3.8) is 0 Å². The van der Waals surface area contributed by atoms with E-state index in [1.165, 1.54) is 0 Å². The zero-order valence-corrected chi connectivity index (χ0v) is 13.9. The van der Waals surface area contributed by atoms with Gasteiger partial charge in [-0.2, -0.15) is 4.68 Å². The number of tetrazole rings is 1. The van der Waals surface area contributed by atoms with Crippen LogP contribution in [0.25, 0.3) is 5.70 Å². The molecule has 3 aromatic rings. The maximum absolute atomic E-state index is 5.51. The third-order valence-electron chi connectivity index (χ3n) is 4.17. The Labute approximate surface area is 144 Å². The second-order valence-corrected chi connectivity index (χ2v) is 5.57. The van der Waals surface area contributed by atoms with Gasteiger partial charge < -0.3 is 14.8 Å². The summed E-state index contributed by atoms with van der Waals surface area (Å²) in [5.41, 5.74) is 2.85. The minimum atomic E-state index is -0.113. The third-order valence-corrected chi connectivity index (χ3v) is 4.17. The first-order chi connectivity index (χ1) is 12.3. The molecule has 25 heavy (non-hydrogen) atoms. The predicted molar refractivity (Wildman–Crippen MR) is 93.5 cm³/mol. The Balaban J connectivity index is 1.84. The number of rotatable bonds is 4. The van der Waals surface area contributed by atoms with Crippen LogP contribution in [0.3, 0.4) is 0 Å². The molecule has 1 atom stereocenters. The highest BCUT2D eigenvalue weighted by Gasteiger charge is 2.25. The van der Waals surface area contributed by atoms with Crippen LogP contribution in [0.15, 0.2) is 54.6 Å². The molecule has 0 saturated carbocycles. The molecule has 0 amide bonds. The van der Waals surface area contributed by atoms with E-state index >= 15 is 0 Å². The van der Waals surface area contributed by atoms with Crippen molar-refractivity contribution in [2.75, 3.05) is 19.5 Å². The van der Waals surface area contributed by atoms with Crippen molar-refractivity contribution in [1.29, 1.82) is 0 Å². The summed E-state index contributed by atoms with van der Waals surface area (Å²) in [5.74, 6) is 2.07. The van der Waals surface area contributed by atoms with Gasteiger partial charge in [0, 0.05) is 5.56 Å². The molecular formula is C18H17N5O2. The van der Waals surface area contributed by atoms with Crippen molar-refractivity contribution < 1.29 is 9.47 Å². The molecule has 1 aliphatic rings. The quantitative estimate of drug-likeness (QED) is 0.790. The minimum Gasteiger partial charge on any atom is -0.497 e. The van der Waals surface area contributed by atoms with Crippen molar-refractivity contribution in [1.82, 2.24) is 20.2 Å². The minimum absolute atomic E-state index is 0.113. The molecule has 0 spiro atoms. The highest BCUT2D eigenvalue weighted by molar-refractivity contribution is 5.80. The molecule has 7 heteroatoms. The molecule has 2 aromatic carbocycles. The normalized spacial score (nSPS) is 15.8. The molecule has 7 nitrogen and oxygen atoms in total. The van der Waals surface area contributed by atoms with Crippen LogP contribution in [0.1, 0.15) is 17.2 Å². The summed E-state index contributed by atoms with van der Waals surface area (Å²) in [4.78, 5) is 0. The number of hydrogen-bond donors (Lipinski definition) is 1. The number of allylic oxidation sites excluding steroid dienone is 1. The van der Waals surface area contributed by atoms with E-state index in [0.29, 0.717) is 5.95 Å². The first-order valence-corrected chi connectivity index (χ1v) is 7.84. The van der Waals surface area contributed by atoms with Gasteiger partial charge in [0.2, 0.25) is 5.95 Å². The van der Waals surface area contributed by atoms with Crippen LogP contribution in [0.4, 0.5) is 5.95 Å². The third kappa shape index (κ3) is 2.69. The van der Waals surface area contributed by atoms with Gasteiger partial charge in [-0.3, -0.25) is 0 Å². The predicted octanol–water partition coefficient (Wildman–Crippen LogP) is 2.75. The number of fused-ring (bicyclic) bond motifs is 1. The van der Waals surface area contributed by atoms with Gasteiger partial charge >= 0.3 is 0 Å². The van der Waals surface area contributed by atoms with Gasteiger partial charge in [-0.1, -0.05) is 35.4 Å². The van der Waals surface area contributed by atoms with E-state index < -0.39 is 0 Å². The lowest BCUT2D eigenvalue weighted by Crippen LogP contribution is -2.20. The van der Waals surface area contributed by atoms with Crippen molar-refractivity contribution in [3.8, 4) is 11.5 Å².